The SMILES string of the molecule is Cc1nc2cc(C3CCC(C(F)(F)F)CC3)nn2c(N2CCC[C@@](C)(C(=O)O)C2)c1C(C)C. The Morgan fingerprint density at radius 1 is 1.24 bits per heavy atom. The molecule has 1 saturated heterocycles. The minimum atomic E-state index is -4.13. The quantitative estimate of drug-likeness (QED) is 0.627. The Bertz CT molecular complexity index is 1040. The van der Waals surface area contributed by atoms with E-state index in [1.54, 1.807) is 11.4 Å². The average molecular weight is 467 g/mol. The maximum Gasteiger partial charge on any atom is 0.391 e. The highest BCUT2D eigenvalue weighted by Crippen LogP contribution is 2.43. The lowest BCUT2D eigenvalue weighted by molar-refractivity contribution is -0.182. The molecule has 1 atom stereocenters. The lowest BCUT2D eigenvalue weighted by Gasteiger charge is -2.40. The van der Waals surface area contributed by atoms with Gasteiger partial charge in [0.15, 0.2) is 5.65 Å². The number of carboxylic acid groups (broad SMARTS) is 1. The minimum absolute atomic E-state index is 0.0217. The van der Waals surface area contributed by atoms with Crippen LogP contribution in [0.25, 0.3) is 5.65 Å². The number of fused-ring (bicyclic) bond motifs is 1. The van der Waals surface area contributed by atoms with Gasteiger partial charge in [-0.1, -0.05) is 13.8 Å². The standard InChI is InChI=1S/C24H33F3N4O2/c1-14(2)20-15(3)28-19-12-18(16-6-8-17(9-7-16)24(25,26)27)29-31(19)21(20)30-11-5-10-23(4,13-30)22(32)33/h12,14,16-17H,5-11,13H2,1-4H3,(H,32,33)/t16?,17?,23-/m1/s1. The summed E-state index contributed by atoms with van der Waals surface area (Å²) >= 11 is 0. The number of alkyl halides is 3. The van der Waals surface area contributed by atoms with Crippen LogP contribution in [-0.2, 0) is 4.79 Å². The first-order valence-corrected chi connectivity index (χ1v) is 11.9. The smallest absolute Gasteiger partial charge is 0.391 e. The van der Waals surface area contributed by atoms with Gasteiger partial charge in [-0.3, -0.25) is 4.79 Å². The predicted molar refractivity (Wildman–Crippen MR) is 120 cm³/mol. The fraction of sp³-hybridized carbons (Fsp3) is 0.708. The minimum Gasteiger partial charge on any atom is -0.481 e. The summed E-state index contributed by atoms with van der Waals surface area (Å²) < 4.78 is 41.1. The molecule has 6 nitrogen and oxygen atoms in total. The van der Waals surface area contributed by atoms with E-state index in [1.165, 1.54) is 0 Å². The van der Waals surface area contributed by atoms with Gasteiger partial charge in [-0.05, 0) is 58.3 Å². The molecule has 9 heteroatoms. The Balaban J connectivity index is 1.74. The summed E-state index contributed by atoms with van der Waals surface area (Å²) in [5.41, 5.74) is 2.52. The van der Waals surface area contributed by atoms with Gasteiger partial charge < -0.3 is 10.0 Å². The first-order valence-electron chi connectivity index (χ1n) is 11.9. The zero-order valence-electron chi connectivity index (χ0n) is 19.7. The molecule has 2 aromatic heterocycles. The number of halogens is 3. The molecule has 1 N–H and O–H groups in total. The number of aliphatic carboxylic acids is 1. The van der Waals surface area contributed by atoms with Crippen molar-refractivity contribution in [2.24, 2.45) is 11.3 Å². The number of carbonyl (C=O) groups is 1. The monoisotopic (exact) mass is 466 g/mol. The van der Waals surface area contributed by atoms with Crippen LogP contribution in [0.15, 0.2) is 6.07 Å². The van der Waals surface area contributed by atoms with Gasteiger partial charge in [0.1, 0.15) is 5.82 Å². The molecule has 1 aliphatic carbocycles. The number of piperidine rings is 1. The summed E-state index contributed by atoms with van der Waals surface area (Å²) in [4.78, 5) is 18.9. The van der Waals surface area contributed by atoms with Gasteiger partial charge >= 0.3 is 12.1 Å². The van der Waals surface area contributed by atoms with Gasteiger partial charge in [0.05, 0.1) is 17.0 Å². The topological polar surface area (TPSA) is 70.7 Å². The van der Waals surface area contributed by atoms with Crippen LogP contribution in [0.5, 0.6) is 0 Å². The number of anilines is 1. The van der Waals surface area contributed by atoms with E-state index in [1.807, 2.05) is 13.0 Å². The zero-order chi connectivity index (χ0) is 24.1. The van der Waals surface area contributed by atoms with Gasteiger partial charge in [0, 0.05) is 36.3 Å². The van der Waals surface area contributed by atoms with E-state index in [9.17, 15) is 23.1 Å². The molecule has 0 bridgehead atoms. The third-order valence-corrected chi connectivity index (χ3v) is 7.52. The molecule has 2 aliphatic rings. The third-order valence-electron chi connectivity index (χ3n) is 7.52. The summed E-state index contributed by atoms with van der Waals surface area (Å²) in [6.45, 7) is 9.03. The number of aryl methyl sites for hydroxylation is 1. The van der Waals surface area contributed by atoms with E-state index in [4.69, 9.17) is 10.1 Å². The highest BCUT2D eigenvalue weighted by molar-refractivity contribution is 5.75. The molecule has 0 spiro atoms. The van der Waals surface area contributed by atoms with E-state index >= 15 is 0 Å². The van der Waals surface area contributed by atoms with E-state index in [-0.39, 0.29) is 24.7 Å². The number of rotatable bonds is 4. The van der Waals surface area contributed by atoms with E-state index in [0.29, 0.717) is 31.5 Å². The number of aromatic nitrogens is 3. The number of hydrogen-bond donors (Lipinski definition) is 1. The molecular weight excluding hydrogens is 433 g/mol. The Labute approximate surface area is 192 Å². The molecule has 2 aromatic rings. The van der Waals surface area contributed by atoms with Gasteiger partial charge in [-0.15, -0.1) is 0 Å². The summed E-state index contributed by atoms with van der Waals surface area (Å²) in [6, 6.07) is 1.90. The third kappa shape index (κ3) is 4.43. The molecular formula is C24H33F3N4O2. The first-order chi connectivity index (χ1) is 15.4. The molecule has 182 valence electrons. The van der Waals surface area contributed by atoms with Gasteiger partial charge in [-0.25, -0.2) is 4.98 Å². The van der Waals surface area contributed by atoms with Crippen molar-refractivity contribution in [3.8, 4) is 0 Å². The van der Waals surface area contributed by atoms with Gasteiger partial charge in [0.25, 0.3) is 0 Å². The van der Waals surface area contributed by atoms with Crippen LogP contribution in [0.1, 0.15) is 88.1 Å². The van der Waals surface area contributed by atoms with Crippen molar-refractivity contribution in [3.63, 3.8) is 0 Å². The lowest BCUT2D eigenvalue weighted by Crippen LogP contribution is -2.47. The zero-order valence-corrected chi connectivity index (χ0v) is 19.7. The van der Waals surface area contributed by atoms with Crippen molar-refractivity contribution in [1.82, 2.24) is 14.6 Å². The molecule has 0 radical (unpaired) electrons. The van der Waals surface area contributed by atoms with Crippen LogP contribution < -0.4 is 4.90 Å². The second kappa shape index (κ2) is 8.47. The number of hydrogen-bond acceptors (Lipinski definition) is 4. The van der Waals surface area contributed by atoms with E-state index < -0.39 is 23.5 Å². The predicted octanol–water partition coefficient (Wildman–Crippen LogP) is 5.69. The normalized spacial score (nSPS) is 26.8. The second-order valence-electron chi connectivity index (χ2n) is 10.4. The van der Waals surface area contributed by atoms with Crippen molar-refractivity contribution in [1.29, 1.82) is 0 Å². The van der Waals surface area contributed by atoms with E-state index in [2.05, 4.69) is 18.7 Å². The number of nitrogens with zero attached hydrogens (tertiary/aromatic N) is 4. The van der Waals surface area contributed by atoms with Gasteiger partial charge in [-0.2, -0.15) is 22.8 Å². The van der Waals surface area contributed by atoms with E-state index in [0.717, 1.165) is 35.7 Å². The maximum absolute atomic E-state index is 13.1. The van der Waals surface area contributed by atoms with Crippen molar-refractivity contribution in [3.05, 3.63) is 23.0 Å². The molecule has 4 rings (SSSR count). The second-order valence-corrected chi connectivity index (χ2v) is 10.4. The van der Waals surface area contributed by atoms with Crippen molar-refractivity contribution in [2.75, 3.05) is 18.0 Å². The lowest BCUT2D eigenvalue weighted by atomic mass is 9.80. The van der Waals surface area contributed by atoms with Crippen molar-refractivity contribution in [2.45, 2.75) is 84.2 Å². The largest absolute Gasteiger partial charge is 0.481 e. The molecule has 0 aromatic carbocycles. The van der Waals surface area contributed by atoms with Crippen LogP contribution in [-0.4, -0.2) is 44.9 Å². The fourth-order valence-corrected chi connectivity index (χ4v) is 5.62. The fourth-order valence-electron chi connectivity index (χ4n) is 5.62. The van der Waals surface area contributed by atoms with Crippen LogP contribution in [0.2, 0.25) is 0 Å². The van der Waals surface area contributed by atoms with Gasteiger partial charge in [0.2, 0.25) is 0 Å². The number of carboxylic acids is 1. The van der Waals surface area contributed by atoms with Crippen molar-refractivity contribution < 1.29 is 23.1 Å². The molecule has 0 unspecified atom stereocenters. The summed E-state index contributed by atoms with van der Waals surface area (Å²) in [6.07, 6.45) is -1.58. The Morgan fingerprint density at radius 3 is 2.48 bits per heavy atom. The molecule has 1 aliphatic heterocycles. The molecule has 33 heavy (non-hydrogen) atoms. The average Bonchev–Trinajstić information content (AvgIpc) is 3.15. The Morgan fingerprint density at radius 2 is 1.91 bits per heavy atom. The first kappa shape index (κ1) is 23.8. The molecule has 1 saturated carbocycles. The van der Waals surface area contributed by atoms with Crippen molar-refractivity contribution >= 4 is 17.4 Å². The maximum atomic E-state index is 13.1. The highest BCUT2D eigenvalue weighted by atomic mass is 19.4. The molecule has 3 heterocycles. The summed E-state index contributed by atoms with van der Waals surface area (Å²) in [7, 11) is 0. The Kier molecular flexibility index (Phi) is 6.12. The summed E-state index contributed by atoms with van der Waals surface area (Å²) in [5, 5.41) is 14.7. The molecule has 2 fully saturated rings. The Hall–Kier alpha value is -2.32. The van der Waals surface area contributed by atoms with Crippen LogP contribution >= 0.6 is 0 Å². The van der Waals surface area contributed by atoms with Crippen LogP contribution in [0.4, 0.5) is 19.0 Å². The van der Waals surface area contributed by atoms with Crippen LogP contribution in [0.3, 0.4) is 0 Å². The summed E-state index contributed by atoms with van der Waals surface area (Å²) in [5.74, 6) is -1.02. The van der Waals surface area contributed by atoms with Crippen LogP contribution in [0, 0.1) is 18.3 Å². The molecule has 0 amide bonds. The highest BCUT2D eigenvalue weighted by Gasteiger charge is 2.42.